The van der Waals surface area contributed by atoms with Crippen molar-refractivity contribution >= 4 is 38.9 Å². The van der Waals surface area contributed by atoms with Gasteiger partial charge in [-0.05, 0) is 37.3 Å². The summed E-state index contributed by atoms with van der Waals surface area (Å²) in [6.45, 7) is 4.67. The molecule has 6 nitrogen and oxygen atoms in total. The number of rotatable bonds is 9. The number of unbranched alkanes of at least 4 members (excludes halogenated alkanes) is 1. The van der Waals surface area contributed by atoms with E-state index >= 15 is 0 Å². The van der Waals surface area contributed by atoms with Crippen LogP contribution in [-0.4, -0.2) is 38.0 Å². The van der Waals surface area contributed by atoms with E-state index in [4.69, 9.17) is 9.84 Å². The van der Waals surface area contributed by atoms with Crippen molar-refractivity contribution in [3.8, 4) is 5.75 Å². The lowest BCUT2D eigenvalue weighted by Gasteiger charge is -2.36. The van der Waals surface area contributed by atoms with Crippen LogP contribution >= 0.6 is 11.8 Å². The van der Waals surface area contributed by atoms with Crippen molar-refractivity contribution in [1.82, 2.24) is 0 Å². The molecule has 0 bridgehead atoms. The van der Waals surface area contributed by atoms with E-state index in [1.54, 1.807) is 12.3 Å². The predicted octanol–water partition coefficient (Wildman–Crippen LogP) is 6.19. The van der Waals surface area contributed by atoms with Gasteiger partial charge in [-0.25, -0.2) is 13.2 Å². The molecule has 2 aromatic rings. The van der Waals surface area contributed by atoms with Crippen LogP contribution in [0, 0.1) is 5.41 Å². The van der Waals surface area contributed by atoms with Gasteiger partial charge in [-0.3, -0.25) is 0 Å². The van der Waals surface area contributed by atoms with E-state index < -0.39 is 27.0 Å². The third-order valence-corrected chi connectivity index (χ3v) is 8.98. The Labute approximate surface area is 204 Å². The summed E-state index contributed by atoms with van der Waals surface area (Å²) in [7, 11) is -3.73. The normalized spacial score (nSPS) is 19.9. The molecule has 1 N–H and O–H groups in total. The van der Waals surface area contributed by atoms with Crippen molar-refractivity contribution in [2.45, 2.75) is 49.3 Å². The van der Waals surface area contributed by atoms with Gasteiger partial charge in [0.05, 0.1) is 21.2 Å². The molecule has 184 valence electrons. The summed E-state index contributed by atoms with van der Waals surface area (Å²) in [4.78, 5) is 13.5. The third-order valence-electron chi connectivity index (χ3n) is 6.23. The number of thioether (sulfide) groups is 1. The fourth-order valence-electron chi connectivity index (χ4n) is 4.29. The molecule has 1 atom stereocenters. The zero-order chi connectivity index (χ0) is 24.9. The number of carboxylic acid groups (broad SMARTS) is 1. The maximum Gasteiger partial charge on any atom is 0.368 e. The minimum Gasteiger partial charge on any atom is -0.476 e. The Balaban J connectivity index is 2.23. The first-order valence-electron chi connectivity index (χ1n) is 11.2. The first-order chi connectivity index (χ1) is 16.2. The summed E-state index contributed by atoms with van der Waals surface area (Å²) in [5.41, 5.74) is 0.977. The lowest BCUT2D eigenvalue weighted by Crippen LogP contribution is -2.37. The summed E-state index contributed by atoms with van der Waals surface area (Å²) >= 11 is 1.31. The van der Waals surface area contributed by atoms with Gasteiger partial charge >= 0.3 is 5.97 Å². The average molecular weight is 508 g/mol. The maximum absolute atomic E-state index is 13.7. The van der Waals surface area contributed by atoms with E-state index in [0.717, 1.165) is 24.9 Å². The number of para-hydroxylation sites is 1. The molecule has 0 spiro atoms. The van der Waals surface area contributed by atoms with Gasteiger partial charge in [0, 0.05) is 23.7 Å². The van der Waals surface area contributed by atoms with Gasteiger partial charge in [0.1, 0.15) is 12.0 Å². The highest BCUT2D eigenvalue weighted by molar-refractivity contribution is 7.98. The van der Waals surface area contributed by atoms with Crippen LogP contribution in [0.2, 0.25) is 0 Å². The molecule has 0 aromatic heterocycles. The topological polar surface area (TPSA) is 83.9 Å². The van der Waals surface area contributed by atoms with E-state index in [1.807, 2.05) is 37.3 Å². The van der Waals surface area contributed by atoms with E-state index in [2.05, 4.69) is 11.8 Å². The smallest absolute Gasteiger partial charge is 0.368 e. The van der Waals surface area contributed by atoms with Crippen molar-refractivity contribution in [2.75, 3.05) is 23.5 Å². The second kappa shape index (κ2) is 10.8. The number of halogens is 1. The van der Waals surface area contributed by atoms with E-state index in [1.165, 1.54) is 17.8 Å². The molecule has 0 saturated carbocycles. The Morgan fingerprint density at radius 1 is 1.26 bits per heavy atom. The molecule has 0 radical (unpaired) electrons. The fraction of sp³-hybridized carbons (Fsp3) is 0.400. The van der Waals surface area contributed by atoms with Gasteiger partial charge < -0.3 is 14.7 Å². The Morgan fingerprint density at radius 3 is 2.56 bits per heavy atom. The van der Waals surface area contributed by atoms with Crippen LogP contribution in [0.5, 0.6) is 5.75 Å². The van der Waals surface area contributed by atoms with Crippen LogP contribution in [-0.2, 0) is 14.6 Å². The lowest BCUT2D eigenvalue weighted by molar-refractivity contribution is -0.134. The van der Waals surface area contributed by atoms with Crippen LogP contribution in [0.4, 0.5) is 15.8 Å². The SMILES string of the molecule is CCCC[C@]1(CC)CN(c2ccccc2)c2cc(SC)c(O/C=C(\F)C(=O)O)cc2S(=O)(=O)C1. The predicted molar refractivity (Wildman–Crippen MR) is 133 cm³/mol. The lowest BCUT2D eigenvalue weighted by atomic mass is 9.81. The molecule has 1 heterocycles. The van der Waals surface area contributed by atoms with E-state index in [-0.39, 0.29) is 16.4 Å². The average Bonchev–Trinajstić information content (AvgIpc) is 2.93. The Kier molecular flexibility index (Phi) is 8.30. The molecule has 9 heteroatoms. The van der Waals surface area contributed by atoms with Crippen LogP contribution in [0.15, 0.2) is 64.3 Å². The molecule has 1 aliphatic rings. The van der Waals surface area contributed by atoms with Gasteiger partial charge in [0.15, 0.2) is 9.84 Å². The van der Waals surface area contributed by atoms with Gasteiger partial charge in [0.2, 0.25) is 5.83 Å². The molecule has 0 aliphatic carbocycles. The number of benzene rings is 2. The molecule has 34 heavy (non-hydrogen) atoms. The minimum atomic E-state index is -3.73. The van der Waals surface area contributed by atoms with Crippen LogP contribution in [0.25, 0.3) is 0 Å². The second-order valence-electron chi connectivity index (χ2n) is 8.50. The zero-order valence-electron chi connectivity index (χ0n) is 19.6. The number of ether oxygens (including phenoxy) is 1. The zero-order valence-corrected chi connectivity index (χ0v) is 21.2. The number of sulfone groups is 1. The third kappa shape index (κ3) is 5.58. The van der Waals surface area contributed by atoms with E-state index in [0.29, 0.717) is 29.8 Å². The molecule has 0 amide bonds. The summed E-state index contributed by atoms with van der Waals surface area (Å²) in [5.74, 6) is -3.14. The Bertz CT molecular complexity index is 1170. The molecule has 1 aliphatic heterocycles. The standard InChI is InChI=1S/C25H30FNO5S2/c1-4-6-12-25(5-2)16-27(18-10-8-7-9-11-18)20-13-22(33-3)21(32-15-19(26)24(28)29)14-23(20)34(30,31)17-25/h7-11,13-15H,4-6,12,16-17H2,1-3H3,(H,28,29)/b19-15-/t25-/m1/s1. The number of carbonyl (C=O) groups is 1. The molecular weight excluding hydrogens is 477 g/mol. The molecule has 3 rings (SSSR count). The van der Waals surface area contributed by atoms with Crippen LogP contribution < -0.4 is 9.64 Å². The molecule has 2 aromatic carbocycles. The number of hydrogen-bond donors (Lipinski definition) is 1. The van der Waals surface area contributed by atoms with Gasteiger partial charge in [-0.2, -0.15) is 4.39 Å². The fourth-order valence-corrected chi connectivity index (χ4v) is 7.00. The van der Waals surface area contributed by atoms with Crippen molar-refractivity contribution < 1.29 is 27.4 Å². The van der Waals surface area contributed by atoms with Crippen molar-refractivity contribution in [3.05, 3.63) is 54.6 Å². The highest BCUT2D eigenvalue weighted by Gasteiger charge is 2.41. The Morgan fingerprint density at radius 2 is 1.97 bits per heavy atom. The van der Waals surface area contributed by atoms with Crippen molar-refractivity contribution in [2.24, 2.45) is 5.41 Å². The summed E-state index contributed by atoms with van der Waals surface area (Å²) < 4.78 is 46.3. The number of hydrogen-bond acceptors (Lipinski definition) is 6. The maximum atomic E-state index is 13.7. The quantitative estimate of drug-likeness (QED) is 0.246. The van der Waals surface area contributed by atoms with Gasteiger partial charge in [-0.15, -0.1) is 11.8 Å². The Hall–Kier alpha value is -2.52. The number of fused-ring (bicyclic) bond motifs is 1. The van der Waals surface area contributed by atoms with Crippen molar-refractivity contribution in [3.63, 3.8) is 0 Å². The van der Waals surface area contributed by atoms with Gasteiger partial charge in [0.25, 0.3) is 0 Å². The summed E-state index contributed by atoms with van der Waals surface area (Å²) in [5, 5.41) is 8.78. The van der Waals surface area contributed by atoms with Crippen molar-refractivity contribution in [1.29, 1.82) is 0 Å². The number of anilines is 2. The monoisotopic (exact) mass is 507 g/mol. The molecular formula is C25H30FNO5S2. The molecule has 0 saturated heterocycles. The molecule has 0 fully saturated rings. The molecule has 0 unspecified atom stereocenters. The first-order valence-corrected chi connectivity index (χ1v) is 14.1. The largest absolute Gasteiger partial charge is 0.476 e. The number of carboxylic acids is 1. The summed E-state index contributed by atoms with van der Waals surface area (Å²) in [6, 6.07) is 12.8. The number of aliphatic carboxylic acids is 1. The second-order valence-corrected chi connectivity index (χ2v) is 11.3. The highest BCUT2D eigenvalue weighted by Crippen LogP contribution is 2.47. The van der Waals surface area contributed by atoms with E-state index in [9.17, 15) is 17.6 Å². The highest BCUT2D eigenvalue weighted by atomic mass is 32.2. The minimum absolute atomic E-state index is 0.00971. The summed E-state index contributed by atoms with van der Waals surface area (Å²) in [6.07, 6.45) is 5.65. The van der Waals surface area contributed by atoms with Gasteiger partial charge in [-0.1, -0.05) is 44.9 Å². The number of nitrogens with zero attached hydrogens (tertiary/aromatic N) is 1. The first kappa shape index (κ1) is 26.1. The van der Waals surface area contributed by atoms with Crippen LogP contribution in [0.1, 0.15) is 39.5 Å². The van der Waals surface area contributed by atoms with Crippen LogP contribution in [0.3, 0.4) is 0 Å².